The molecule has 1 unspecified atom stereocenters. The number of hydrogen-bond acceptors (Lipinski definition) is 3. The van der Waals surface area contributed by atoms with Crippen molar-refractivity contribution in [2.75, 3.05) is 26.2 Å². The van der Waals surface area contributed by atoms with E-state index in [-0.39, 0.29) is 0 Å². The first-order chi connectivity index (χ1) is 9.81. The molecule has 1 spiro atoms. The number of aromatic nitrogens is 2. The van der Waals surface area contributed by atoms with Gasteiger partial charge in [-0.15, -0.1) is 0 Å². The molecule has 3 rings (SSSR count). The van der Waals surface area contributed by atoms with Crippen molar-refractivity contribution in [3.05, 3.63) is 18.0 Å². The maximum Gasteiger partial charge on any atom is 0.0524 e. The Balaban J connectivity index is 1.63. The van der Waals surface area contributed by atoms with Gasteiger partial charge in [-0.25, -0.2) is 0 Å². The Labute approximate surface area is 122 Å². The molecule has 20 heavy (non-hydrogen) atoms. The van der Waals surface area contributed by atoms with Crippen LogP contribution in [0.4, 0.5) is 0 Å². The molecule has 1 aromatic heterocycles. The average Bonchev–Trinajstić information content (AvgIpc) is 2.88. The van der Waals surface area contributed by atoms with E-state index in [4.69, 9.17) is 0 Å². The molecule has 0 radical (unpaired) electrons. The van der Waals surface area contributed by atoms with Crippen molar-refractivity contribution in [1.82, 2.24) is 20.0 Å². The van der Waals surface area contributed by atoms with Gasteiger partial charge in [0.15, 0.2) is 0 Å². The van der Waals surface area contributed by atoms with E-state index in [9.17, 15) is 0 Å². The van der Waals surface area contributed by atoms with Crippen molar-refractivity contribution < 1.29 is 0 Å². The molecule has 0 bridgehead atoms. The first kappa shape index (κ1) is 14.1. The zero-order valence-corrected chi connectivity index (χ0v) is 12.8. The summed E-state index contributed by atoms with van der Waals surface area (Å²) < 4.78 is 2.18. The van der Waals surface area contributed by atoms with Crippen LogP contribution < -0.4 is 5.32 Å². The van der Waals surface area contributed by atoms with E-state index in [1.54, 1.807) is 0 Å². The van der Waals surface area contributed by atoms with E-state index in [0.29, 0.717) is 5.41 Å². The van der Waals surface area contributed by atoms with Crippen LogP contribution in [0.15, 0.2) is 12.3 Å². The van der Waals surface area contributed by atoms with Crippen molar-refractivity contribution in [3.8, 4) is 0 Å². The predicted octanol–water partition coefficient (Wildman–Crippen LogP) is 2.26. The lowest BCUT2D eigenvalue weighted by molar-refractivity contribution is 0.0584. The summed E-state index contributed by atoms with van der Waals surface area (Å²) in [6.45, 7) is 9.28. The van der Waals surface area contributed by atoms with Gasteiger partial charge >= 0.3 is 0 Å². The SMILES string of the molecule is CCCn1nccc1CN1CCCC2(CCCNC2)C1. The Hall–Kier alpha value is -0.870. The minimum absolute atomic E-state index is 0.548. The van der Waals surface area contributed by atoms with Gasteiger partial charge in [-0.3, -0.25) is 9.58 Å². The molecule has 3 heterocycles. The fourth-order valence-electron chi connectivity index (χ4n) is 3.96. The Morgan fingerprint density at radius 3 is 3.05 bits per heavy atom. The largest absolute Gasteiger partial charge is 0.316 e. The summed E-state index contributed by atoms with van der Waals surface area (Å²) in [5.74, 6) is 0. The van der Waals surface area contributed by atoms with Crippen LogP contribution in [0, 0.1) is 5.41 Å². The van der Waals surface area contributed by atoms with Crippen molar-refractivity contribution in [3.63, 3.8) is 0 Å². The molecule has 112 valence electrons. The lowest BCUT2D eigenvalue weighted by atomic mass is 9.74. The molecule has 1 N–H and O–H groups in total. The standard InChI is InChI=1S/C16H28N4/c1-2-10-20-15(5-9-18-20)12-19-11-4-7-16(14-19)6-3-8-17-13-16/h5,9,17H,2-4,6-8,10-14H2,1H3. The Bertz CT molecular complexity index is 414. The predicted molar refractivity (Wildman–Crippen MR) is 81.6 cm³/mol. The van der Waals surface area contributed by atoms with Gasteiger partial charge in [0.25, 0.3) is 0 Å². The summed E-state index contributed by atoms with van der Waals surface area (Å²) in [7, 11) is 0. The molecule has 1 aromatic rings. The number of nitrogens with zero attached hydrogens (tertiary/aromatic N) is 3. The van der Waals surface area contributed by atoms with Crippen LogP contribution in [0.3, 0.4) is 0 Å². The van der Waals surface area contributed by atoms with Crippen LogP contribution in [0.2, 0.25) is 0 Å². The highest BCUT2D eigenvalue weighted by atomic mass is 15.3. The second-order valence-corrected chi connectivity index (χ2v) is 6.64. The van der Waals surface area contributed by atoms with Crippen molar-refractivity contribution >= 4 is 0 Å². The zero-order valence-electron chi connectivity index (χ0n) is 12.8. The van der Waals surface area contributed by atoms with Gasteiger partial charge in [0, 0.05) is 32.4 Å². The van der Waals surface area contributed by atoms with Crippen molar-refractivity contribution in [1.29, 1.82) is 0 Å². The second kappa shape index (κ2) is 6.27. The molecule has 0 aromatic carbocycles. The number of rotatable bonds is 4. The smallest absolute Gasteiger partial charge is 0.0524 e. The first-order valence-electron chi connectivity index (χ1n) is 8.25. The molecule has 0 aliphatic carbocycles. The van der Waals surface area contributed by atoms with Gasteiger partial charge in [-0.2, -0.15) is 5.10 Å². The molecule has 2 fully saturated rings. The summed E-state index contributed by atoms with van der Waals surface area (Å²) in [4.78, 5) is 2.65. The number of likely N-dealkylation sites (tertiary alicyclic amines) is 1. The van der Waals surface area contributed by atoms with Crippen molar-refractivity contribution in [2.24, 2.45) is 5.41 Å². The summed E-state index contributed by atoms with van der Waals surface area (Å²) in [6.07, 6.45) is 8.62. The minimum atomic E-state index is 0.548. The van der Waals surface area contributed by atoms with Crippen molar-refractivity contribution in [2.45, 2.75) is 52.1 Å². The molecule has 2 aliphatic heterocycles. The van der Waals surface area contributed by atoms with E-state index in [1.165, 1.54) is 57.6 Å². The molecule has 2 saturated heterocycles. The molecular weight excluding hydrogens is 248 g/mol. The Morgan fingerprint density at radius 1 is 1.35 bits per heavy atom. The highest BCUT2D eigenvalue weighted by molar-refractivity contribution is 5.02. The van der Waals surface area contributed by atoms with Crippen LogP contribution in [0.25, 0.3) is 0 Å². The van der Waals surface area contributed by atoms with Crippen LogP contribution >= 0.6 is 0 Å². The lowest BCUT2D eigenvalue weighted by Crippen LogP contribution is -2.50. The molecule has 2 aliphatic rings. The van der Waals surface area contributed by atoms with Gasteiger partial charge in [0.05, 0.1) is 5.69 Å². The minimum Gasteiger partial charge on any atom is -0.316 e. The third-order valence-electron chi connectivity index (χ3n) is 4.93. The van der Waals surface area contributed by atoms with Gasteiger partial charge in [0.2, 0.25) is 0 Å². The Morgan fingerprint density at radius 2 is 2.25 bits per heavy atom. The second-order valence-electron chi connectivity index (χ2n) is 6.64. The summed E-state index contributed by atoms with van der Waals surface area (Å²) in [5, 5.41) is 8.07. The van der Waals surface area contributed by atoms with Gasteiger partial charge < -0.3 is 5.32 Å². The molecule has 1 atom stereocenters. The van der Waals surface area contributed by atoms with Crippen LogP contribution in [-0.2, 0) is 13.1 Å². The van der Waals surface area contributed by atoms with Crippen LogP contribution in [-0.4, -0.2) is 40.9 Å². The van der Waals surface area contributed by atoms with E-state index in [2.05, 4.69) is 33.0 Å². The van der Waals surface area contributed by atoms with Crippen LogP contribution in [0.5, 0.6) is 0 Å². The molecular formula is C16H28N4. The summed E-state index contributed by atoms with van der Waals surface area (Å²) >= 11 is 0. The van der Waals surface area contributed by atoms with E-state index in [1.807, 2.05) is 6.20 Å². The maximum atomic E-state index is 4.45. The van der Waals surface area contributed by atoms with E-state index in [0.717, 1.165) is 19.5 Å². The highest BCUT2D eigenvalue weighted by Crippen LogP contribution is 2.36. The summed E-state index contributed by atoms with van der Waals surface area (Å²) in [5.41, 5.74) is 1.93. The van der Waals surface area contributed by atoms with Crippen LogP contribution in [0.1, 0.15) is 44.7 Å². The number of hydrogen-bond donors (Lipinski definition) is 1. The van der Waals surface area contributed by atoms with E-state index < -0.39 is 0 Å². The average molecular weight is 276 g/mol. The summed E-state index contributed by atoms with van der Waals surface area (Å²) in [6, 6.07) is 2.19. The zero-order chi connectivity index (χ0) is 13.8. The topological polar surface area (TPSA) is 33.1 Å². The fourth-order valence-corrected chi connectivity index (χ4v) is 3.96. The Kier molecular flexibility index (Phi) is 4.41. The number of piperidine rings is 2. The quantitative estimate of drug-likeness (QED) is 0.916. The monoisotopic (exact) mass is 276 g/mol. The molecule has 0 amide bonds. The number of nitrogens with one attached hydrogen (secondary N) is 1. The van der Waals surface area contributed by atoms with Gasteiger partial charge in [0.1, 0.15) is 0 Å². The fraction of sp³-hybridized carbons (Fsp3) is 0.812. The first-order valence-corrected chi connectivity index (χ1v) is 8.25. The molecule has 0 saturated carbocycles. The van der Waals surface area contributed by atoms with Gasteiger partial charge in [-0.1, -0.05) is 6.92 Å². The normalized spacial score (nSPS) is 28.1. The molecule has 4 nitrogen and oxygen atoms in total. The maximum absolute atomic E-state index is 4.45. The lowest BCUT2D eigenvalue weighted by Gasteiger charge is -2.45. The molecule has 4 heteroatoms. The third kappa shape index (κ3) is 3.07. The van der Waals surface area contributed by atoms with E-state index >= 15 is 0 Å². The third-order valence-corrected chi connectivity index (χ3v) is 4.93. The highest BCUT2D eigenvalue weighted by Gasteiger charge is 2.36. The number of aryl methyl sites for hydroxylation is 1. The van der Waals surface area contributed by atoms with Gasteiger partial charge in [-0.05, 0) is 56.7 Å².